The van der Waals surface area contributed by atoms with Gasteiger partial charge in [0, 0.05) is 6.20 Å². The van der Waals surface area contributed by atoms with Crippen LogP contribution in [0.1, 0.15) is 10.6 Å². The Hall–Kier alpha value is -0.870. The maximum absolute atomic E-state index is 11.3. The topological polar surface area (TPSA) is 43.1 Å². The molecule has 0 atom stereocenters. The monoisotopic (exact) mass is 273 g/mol. The van der Waals surface area contributed by atoms with E-state index < -0.39 is 0 Å². The predicted octanol–water partition coefficient (Wildman–Crippen LogP) is 3.06. The molecule has 0 unspecified atom stereocenters. The molecule has 0 spiro atoms. The lowest BCUT2D eigenvalue weighted by Crippen LogP contribution is -1.96. The minimum Gasteiger partial charge on any atom is -0.453 e. The number of nitrogens with zero attached hydrogens (tertiary/aromatic N) is 1. The van der Waals surface area contributed by atoms with Crippen LogP contribution in [-0.4, -0.2) is 16.1 Å². The molecule has 0 N–H and O–H groups in total. The lowest BCUT2D eigenvalue weighted by Gasteiger charge is -1.88. The second-order valence-corrected chi connectivity index (χ2v) is 3.60. The molecule has 0 aliphatic rings. The lowest BCUT2D eigenvalue weighted by molar-refractivity contribution is 0.0995. The number of aromatic nitrogens is 1. The fourth-order valence-electron chi connectivity index (χ4n) is 1.13. The van der Waals surface area contributed by atoms with Crippen LogP contribution in [0.5, 0.6) is 0 Å². The Balaban J connectivity index is 2.62. The van der Waals surface area contributed by atoms with Crippen LogP contribution in [-0.2, 0) is 0 Å². The Morgan fingerprint density at radius 1 is 1.64 bits per heavy atom. The van der Waals surface area contributed by atoms with Crippen molar-refractivity contribution in [2.45, 2.75) is 0 Å². The molecular formula is C9H5BrClNO2. The molecule has 0 aliphatic carbocycles. The average molecular weight is 275 g/mol. The molecule has 72 valence electrons. The molecule has 2 heterocycles. The van der Waals surface area contributed by atoms with Gasteiger partial charge in [-0.05, 0) is 12.1 Å². The van der Waals surface area contributed by atoms with Gasteiger partial charge in [0.2, 0.25) is 5.78 Å². The van der Waals surface area contributed by atoms with E-state index in [1.807, 2.05) is 0 Å². The number of carbonyl (C=O) groups excluding carboxylic acids is 1. The van der Waals surface area contributed by atoms with Gasteiger partial charge in [-0.2, -0.15) is 0 Å². The number of Topliss-reactive ketones (excluding diaryl/α,β-unsaturated/α-hetero) is 1. The van der Waals surface area contributed by atoms with Crippen LogP contribution in [0.15, 0.2) is 22.7 Å². The molecule has 5 heteroatoms. The van der Waals surface area contributed by atoms with Crippen molar-refractivity contribution < 1.29 is 9.21 Å². The maximum Gasteiger partial charge on any atom is 0.208 e. The van der Waals surface area contributed by atoms with Gasteiger partial charge in [-0.15, -0.1) is 0 Å². The summed E-state index contributed by atoms with van der Waals surface area (Å²) in [5.41, 5.74) is 0.578. The first-order valence-electron chi connectivity index (χ1n) is 3.85. The molecule has 0 amide bonds. The normalized spacial score (nSPS) is 10.7. The van der Waals surface area contributed by atoms with Gasteiger partial charge in [0.15, 0.2) is 5.76 Å². The van der Waals surface area contributed by atoms with Crippen LogP contribution in [0.25, 0.3) is 11.0 Å². The summed E-state index contributed by atoms with van der Waals surface area (Å²) in [7, 11) is 0. The van der Waals surface area contributed by atoms with Gasteiger partial charge in [-0.25, -0.2) is 4.98 Å². The second-order valence-electron chi connectivity index (χ2n) is 2.68. The van der Waals surface area contributed by atoms with Crippen molar-refractivity contribution in [3.63, 3.8) is 0 Å². The predicted molar refractivity (Wildman–Crippen MR) is 57.1 cm³/mol. The smallest absolute Gasteiger partial charge is 0.208 e. The highest BCUT2D eigenvalue weighted by Gasteiger charge is 2.12. The van der Waals surface area contributed by atoms with Crippen molar-refractivity contribution >= 4 is 44.3 Å². The molecular weight excluding hydrogens is 269 g/mol. The third-order valence-corrected chi connectivity index (χ3v) is 2.60. The summed E-state index contributed by atoms with van der Waals surface area (Å²) >= 11 is 8.89. The highest BCUT2D eigenvalue weighted by Crippen LogP contribution is 2.24. The van der Waals surface area contributed by atoms with Crippen LogP contribution >= 0.6 is 27.5 Å². The number of rotatable bonds is 2. The summed E-state index contributed by atoms with van der Waals surface area (Å²) in [6, 6.07) is 3.28. The number of halogens is 2. The van der Waals surface area contributed by atoms with Gasteiger partial charge < -0.3 is 4.42 Å². The third-order valence-electron chi connectivity index (χ3n) is 1.79. The molecule has 0 radical (unpaired) electrons. The van der Waals surface area contributed by atoms with Crippen LogP contribution in [0, 0.1) is 0 Å². The zero-order chi connectivity index (χ0) is 10.1. The second kappa shape index (κ2) is 3.71. The Morgan fingerprint density at radius 3 is 3.07 bits per heavy atom. The molecule has 2 aromatic rings. The fourth-order valence-corrected chi connectivity index (χ4v) is 1.61. The molecule has 0 saturated heterocycles. The number of fused-ring (bicyclic) bond motifs is 1. The Bertz CT molecular complexity index is 495. The number of alkyl halides is 1. The van der Waals surface area contributed by atoms with E-state index in [-0.39, 0.29) is 11.1 Å². The number of pyridine rings is 1. The van der Waals surface area contributed by atoms with Gasteiger partial charge >= 0.3 is 0 Å². The Kier molecular flexibility index (Phi) is 2.56. The molecule has 2 rings (SSSR count). The van der Waals surface area contributed by atoms with Crippen molar-refractivity contribution in [2.24, 2.45) is 0 Å². The minimum atomic E-state index is -0.114. The van der Waals surface area contributed by atoms with Crippen LogP contribution in [0.3, 0.4) is 0 Å². The van der Waals surface area contributed by atoms with E-state index >= 15 is 0 Å². The quantitative estimate of drug-likeness (QED) is 0.480. The van der Waals surface area contributed by atoms with Gasteiger partial charge in [-0.3, -0.25) is 4.79 Å². The van der Waals surface area contributed by atoms with E-state index in [2.05, 4.69) is 20.9 Å². The van der Waals surface area contributed by atoms with Crippen molar-refractivity contribution in [1.29, 1.82) is 0 Å². The third kappa shape index (κ3) is 1.55. The van der Waals surface area contributed by atoms with Crippen LogP contribution < -0.4 is 0 Å². The summed E-state index contributed by atoms with van der Waals surface area (Å²) in [6.45, 7) is 0. The standard InChI is InChI=1S/C9H5BrClNO2/c10-4-6(13)8-3-5-7(14-8)1-2-12-9(5)11/h1-3H,4H2. The van der Waals surface area contributed by atoms with E-state index in [9.17, 15) is 4.79 Å². The number of furan rings is 1. The van der Waals surface area contributed by atoms with Crippen molar-refractivity contribution in [2.75, 3.05) is 5.33 Å². The zero-order valence-electron chi connectivity index (χ0n) is 6.96. The molecule has 0 saturated carbocycles. The molecule has 3 nitrogen and oxygen atoms in total. The van der Waals surface area contributed by atoms with Crippen LogP contribution in [0.4, 0.5) is 0 Å². The molecule has 0 aromatic carbocycles. The van der Waals surface area contributed by atoms with E-state index in [4.69, 9.17) is 16.0 Å². The van der Waals surface area contributed by atoms with E-state index in [0.717, 1.165) is 0 Å². The summed E-state index contributed by atoms with van der Waals surface area (Å²) in [6.07, 6.45) is 1.54. The molecule has 0 bridgehead atoms. The van der Waals surface area contributed by atoms with Gasteiger partial charge in [-0.1, -0.05) is 27.5 Å². The lowest BCUT2D eigenvalue weighted by atomic mass is 10.3. The van der Waals surface area contributed by atoms with Crippen molar-refractivity contribution in [1.82, 2.24) is 4.98 Å². The number of ketones is 1. The van der Waals surface area contributed by atoms with Gasteiger partial charge in [0.25, 0.3) is 0 Å². The highest BCUT2D eigenvalue weighted by molar-refractivity contribution is 9.09. The molecule has 0 fully saturated rings. The Morgan fingerprint density at radius 2 is 2.43 bits per heavy atom. The minimum absolute atomic E-state index is 0.114. The number of hydrogen-bond acceptors (Lipinski definition) is 3. The molecule has 2 aromatic heterocycles. The van der Waals surface area contributed by atoms with Crippen molar-refractivity contribution in [3.05, 3.63) is 29.2 Å². The van der Waals surface area contributed by atoms with Gasteiger partial charge in [0.1, 0.15) is 10.7 Å². The first-order chi connectivity index (χ1) is 6.72. The fraction of sp³-hybridized carbons (Fsp3) is 0.111. The molecule has 0 aliphatic heterocycles. The van der Waals surface area contributed by atoms with E-state index in [1.165, 1.54) is 6.20 Å². The summed E-state index contributed by atoms with van der Waals surface area (Å²) in [5, 5.41) is 1.25. The SMILES string of the molecule is O=C(CBr)c1cc2c(Cl)nccc2o1. The number of hydrogen-bond donors (Lipinski definition) is 0. The largest absolute Gasteiger partial charge is 0.453 e. The Labute approximate surface area is 93.2 Å². The van der Waals surface area contributed by atoms with E-state index in [1.54, 1.807) is 12.1 Å². The average Bonchev–Trinajstić information content (AvgIpc) is 2.62. The first kappa shape index (κ1) is 9.68. The zero-order valence-corrected chi connectivity index (χ0v) is 9.30. The van der Waals surface area contributed by atoms with E-state index in [0.29, 0.717) is 21.9 Å². The maximum atomic E-state index is 11.3. The summed E-state index contributed by atoms with van der Waals surface area (Å²) < 4.78 is 5.30. The van der Waals surface area contributed by atoms with Crippen molar-refractivity contribution in [3.8, 4) is 0 Å². The van der Waals surface area contributed by atoms with Gasteiger partial charge in [0.05, 0.1) is 10.7 Å². The summed E-state index contributed by atoms with van der Waals surface area (Å²) in [5.74, 6) is 0.184. The highest BCUT2D eigenvalue weighted by atomic mass is 79.9. The molecule has 14 heavy (non-hydrogen) atoms. The summed E-state index contributed by atoms with van der Waals surface area (Å²) in [4.78, 5) is 15.2. The first-order valence-corrected chi connectivity index (χ1v) is 5.35. The number of carbonyl (C=O) groups is 1. The van der Waals surface area contributed by atoms with Crippen LogP contribution in [0.2, 0.25) is 5.15 Å².